The summed E-state index contributed by atoms with van der Waals surface area (Å²) in [6.07, 6.45) is 0. The molecule has 0 fully saturated rings. The Bertz CT molecular complexity index is 1240. The number of carbonyl (C=O) groups excluding carboxylic acids is 1. The van der Waals surface area contributed by atoms with Crippen LogP contribution in [0.3, 0.4) is 0 Å². The van der Waals surface area contributed by atoms with E-state index < -0.39 is 6.04 Å². The van der Waals surface area contributed by atoms with Crippen LogP contribution < -0.4 is 10.9 Å². The Morgan fingerprint density at radius 3 is 2.55 bits per heavy atom. The third-order valence-electron chi connectivity index (χ3n) is 5.30. The predicted octanol–water partition coefficient (Wildman–Crippen LogP) is 4.40. The number of nitrogens with one attached hydrogen (secondary N) is 1. The maximum Gasteiger partial charge on any atom is 0.276 e. The normalized spacial score (nSPS) is 13.5. The third kappa shape index (κ3) is 3.56. The van der Waals surface area contributed by atoms with Crippen molar-refractivity contribution in [2.24, 2.45) is 0 Å². The Morgan fingerprint density at radius 2 is 1.79 bits per heavy atom. The van der Waals surface area contributed by atoms with Gasteiger partial charge in [0.25, 0.3) is 5.56 Å². The van der Waals surface area contributed by atoms with Crippen molar-refractivity contribution in [3.05, 3.63) is 76.2 Å². The van der Waals surface area contributed by atoms with Crippen LogP contribution in [0.4, 0.5) is 0 Å². The summed E-state index contributed by atoms with van der Waals surface area (Å²) < 4.78 is 3.26. The van der Waals surface area contributed by atoms with Crippen molar-refractivity contribution in [2.45, 2.75) is 32.7 Å². The van der Waals surface area contributed by atoms with Gasteiger partial charge in [-0.05, 0) is 31.4 Å². The topological polar surface area (TPSA) is 64.0 Å². The van der Waals surface area contributed by atoms with Crippen molar-refractivity contribution >= 4 is 37.4 Å². The van der Waals surface area contributed by atoms with Crippen LogP contribution in [0.25, 0.3) is 20.2 Å². The van der Waals surface area contributed by atoms with Gasteiger partial charge in [-0.1, -0.05) is 55.5 Å². The molecule has 0 aliphatic carbocycles. The monoisotopic (exact) mass is 405 g/mol. The summed E-state index contributed by atoms with van der Waals surface area (Å²) >= 11 is 1.57. The fraction of sp³-hybridized carbons (Fsp3) is 0.261. The molecule has 4 rings (SSSR count). The lowest BCUT2D eigenvalue weighted by molar-refractivity contribution is -0.124. The van der Waals surface area contributed by atoms with E-state index in [1.807, 2.05) is 61.5 Å². The first-order valence-electron chi connectivity index (χ1n) is 9.70. The number of rotatable bonds is 5. The van der Waals surface area contributed by atoms with E-state index in [1.54, 1.807) is 18.3 Å². The maximum absolute atomic E-state index is 13.2. The van der Waals surface area contributed by atoms with Crippen LogP contribution in [0.5, 0.6) is 0 Å². The van der Waals surface area contributed by atoms with E-state index in [9.17, 15) is 9.59 Å². The quantitative estimate of drug-likeness (QED) is 0.535. The Morgan fingerprint density at radius 1 is 1.10 bits per heavy atom. The van der Waals surface area contributed by atoms with Crippen molar-refractivity contribution in [3.8, 4) is 0 Å². The second-order valence-corrected chi connectivity index (χ2v) is 8.42. The lowest BCUT2D eigenvalue weighted by Gasteiger charge is -2.17. The first-order valence-corrected chi connectivity index (χ1v) is 10.5. The van der Waals surface area contributed by atoms with Crippen molar-refractivity contribution in [1.29, 1.82) is 0 Å². The number of benzene rings is 2. The van der Waals surface area contributed by atoms with Crippen LogP contribution in [-0.4, -0.2) is 22.2 Å². The Kier molecular flexibility index (Phi) is 5.20. The number of hydrogen-bond donors (Lipinski definition) is 1. The van der Waals surface area contributed by atoms with Crippen molar-refractivity contribution in [3.63, 3.8) is 0 Å². The molecule has 2 aromatic carbocycles. The van der Waals surface area contributed by atoms with Crippen LogP contribution >= 0.6 is 11.3 Å². The van der Waals surface area contributed by atoms with E-state index >= 15 is 0 Å². The minimum Gasteiger partial charge on any atom is -0.354 e. The molecule has 0 spiro atoms. The number of nitrogens with zero attached hydrogens (tertiary/aromatic N) is 2. The lowest BCUT2D eigenvalue weighted by Crippen LogP contribution is -2.38. The van der Waals surface area contributed by atoms with E-state index in [4.69, 9.17) is 0 Å². The molecule has 2 unspecified atom stereocenters. The van der Waals surface area contributed by atoms with Gasteiger partial charge in [0.2, 0.25) is 5.91 Å². The first-order chi connectivity index (χ1) is 14.0. The number of aryl methyl sites for hydroxylation is 1. The van der Waals surface area contributed by atoms with Gasteiger partial charge in [0, 0.05) is 16.6 Å². The molecular formula is C23H23N3O2S. The van der Waals surface area contributed by atoms with Gasteiger partial charge < -0.3 is 5.32 Å². The van der Waals surface area contributed by atoms with Gasteiger partial charge in [-0.3, -0.25) is 9.59 Å². The van der Waals surface area contributed by atoms with Crippen molar-refractivity contribution < 1.29 is 4.79 Å². The molecule has 2 heterocycles. The molecule has 6 heteroatoms. The number of amides is 1. The molecule has 0 radical (unpaired) electrons. The number of fused-ring (bicyclic) bond motifs is 3. The molecule has 0 saturated heterocycles. The smallest absolute Gasteiger partial charge is 0.276 e. The second kappa shape index (κ2) is 7.79. The highest BCUT2D eigenvalue weighted by Gasteiger charge is 2.22. The van der Waals surface area contributed by atoms with E-state index in [1.165, 1.54) is 4.68 Å². The molecule has 0 bridgehead atoms. The molecule has 2 atom stereocenters. The summed E-state index contributed by atoms with van der Waals surface area (Å²) in [5.74, 6) is -0.0252. The van der Waals surface area contributed by atoms with E-state index in [0.717, 1.165) is 26.0 Å². The zero-order chi connectivity index (χ0) is 20.5. The van der Waals surface area contributed by atoms with Crippen LogP contribution in [-0.2, 0) is 4.79 Å². The minimum absolute atomic E-state index is 0.182. The SMILES string of the molecule is Cc1nn(C(C)C(=O)NCC(C)c2ccccc2)c(=O)c2c1sc1ccccc12. The molecule has 1 N–H and O–H groups in total. The zero-order valence-corrected chi connectivity index (χ0v) is 17.5. The molecule has 148 valence electrons. The lowest BCUT2D eigenvalue weighted by atomic mass is 10.0. The van der Waals surface area contributed by atoms with Crippen LogP contribution in [0.15, 0.2) is 59.4 Å². The predicted molar refractivity (Wildman–Crippen MR) is 119 cm³/mol. The first kappa shape index (κ1) is 19.3. The van der Waals surface area contributed by atoms with Crippen molar-refractivity contribution in [1.82, 2.24) is 15.1 Å². The second-order valence-electron chi connectivity index (χ2n) is 7.37. The molecule has 1 amide bonds. The summed E-state index contributed by atoms with van der Waals surface area (Å²) in [6.45, 7) is 6.18. The van der Waals surface area contributed by atoms with E-state index in [2.05, 4.69) is 17.3 Å². The highest BCUT2D eigenvalue weighted by atomic mass is 32.1. The zero-order valence-electron chi connectivity index (χ0n) is 16.7. The third-order valence-corrected chi connectivity index (χ3v) is 6.58. The van der Waals surface area contributed by atoms with Crippen LogP contribution in [0, 0.1) is 6.92 Å². The molecule has 5 nitrogen and oxygen atoms in total. The highest BCUT2D eigenvalue weighted by molar-refractivity contribution is 7.26. The number of thiophene rings is 1. The van der Waals surface area contributed by atoms with Gasteiger partial charge in [0.15, 0.2) is 0 Å². The maximum atomic E-state index is 13.2. The number of carbonyl (C=O) groups is 1. The minimum atomic E-state index is -0.688. The van der Waals surface area contributed by atoms with Crippen LogP contribution in [0.2, 0.25) is 0 Å². The molecule has 0 saturated carbocycles. The highest BCUT2D eigenvalue weighted by Crippen LogP contribution is 2.32. The van der Waals surface area contributed by atoms with E-state index in [0.29, 0.717) is 11.9 Å². The van der Waals surface area contributed by atoms with Gasteiger partial charge in [0.1, 0.15) is 6.04 Å². The summed E-state index contributed by atoms with van der Waals surface area (Å²) in [5, 5.41) is 8.99. The van der Waals surface area contributed by atoms with Crippen molar-refractivity contribution in [2.75, 3.05) is 6.54 Å². The van der Waals surface area contributed by atoms with Gasteiger partial charge in [-0.15, -0.1) is 11.3 Å². The van der Waals surface area contributed by atoms with Gasteiger partial charge in [0.05, 0.1) is 15.8 Å². The fourth-order valence-electron chi connectivity index (χ4n) is 3.55. The Labute approximate surface area is 173 Å². The van der Waals surface area contributed by atoms with Crippen LogP contribution in [0.1, 0.15) is 37.1 Å². The summed E-state index contributed by atoms with van der Waals surface area (Å²) in [4.78, 5) is 26.0. The van der Waals surface area contributed by atoms with Gasteiger partial charge >= 0.3 is 0 Å². The molecular weight excluding hydrogens is 382 g/mol. The number of aromatic nitrogens is 2. The largest absolute Gasteiger partial charge is 0.354 e. The number of hydrogen-bond acceptors (Lipinski definition) is 4. The Balaban J connectivity index is 1.62. The fourth-order valence-corrected chi connectivity index (χ4v) is 4.69. The summed E-state index contributed by atoms with van der Waals surface area (Å²) in [5.41, 5.74) is 1.71. The molecule has 4 aromatic rings. The average Bonchev–Trinajstić information content (AvgIpc) is 3.15. The van der Waals surface area contributed by atoms with E-state index in [-0.39, 0.29) is 17.4 Å². The molecule has 2 aromatic heterocycles. The molecule has 0 aliphatic rings. The average molecular weight is 406 g/mol. The molecule has 29 heavy (non-hydrogen) atoms. The van der Waals surface area contributed by atoms with Gasteiger partial charge in [-0.25, -0.2) is 4.68 Å². The van der Waals surface area contributed by atoms with Gasteiger partial charge in [-0.2, -0.15) is 5.10 Å². The summed E-state index contributed by atoms with van der Waals surface area (Å²) in [7, 11) is 0. The standard InChI is InChI=1S/C23H23N3O2S/c1-14(17-9-5-4-6-10-17)13-24-22(27)16(3)26-23(28)20-18-11-7-8-12-19(18)29-21(20)15(2)25-26/h4-12,14,16H,13H2,1-3H3,(H,24,27). The Hall–Kier alpha value is -2.99. The molecule has 0 aliphatic heterocycles. The summed E-state index contributed by atoms with van der Waals surface area (Å²) in [6, 6.07) is 17.2.